The lowest BCUT2D eigenvalue weighted by Crippen LogP contribution is -2.48. The van der Waals surface area contributed by atoms with Gasteiger partial charge in [-0.1, -0.05) is 74.0 Å². The Morgan fingerprint density at radius 2 is 1.61 bits per heavy atom. The fourth-order valence-electron chi connectivity index (χ4n) is 4.41. The van der Waals surface area contributed by atoms with Crippen LogP contribution in [-0.2, 0) is 25.5 Å². The number of nitrogens with zero attached hydrogens (tertiary/aromatic N) is 1. The molecule has 200 valence electrons. The topological polar surface area (TPSA) is 112 Å². The summed E-state index contributed by atoms with van der Waals surface area (Å²) in [6, 6.07) is 17.7. The maximum absolute atomic E-state index is 12.7. The fourth-order valence-corrected chi connectivity index (χ4v) is 4.41. The third-order valence-corrected chi connectivity index (χ3v) is 6.61. The molecule has 2 aromatic rings. The van der Waals surface area contributed by atoms with Crippen LogP contribution >= 0.6 is 0 Å². The number of carbonyl (C=O) groups is 3. The van der Waals surface area contributed by atoms with Crippen LogP contribution < -0.4 is 16.0 Å². The van der Waals surface area contributed by atoms with E-state index in [0.717, 1.165) is 41.6 Å². The molecule has 1 fully saturated rings. The second kappa shape index (κ2) is 13.7. The van der Waals surface area contributed by atoms with Gasteiger partial charge in [0, 0.05) is 31.4 Å². The molecule has 0 saturated carbocycles. The zero-order chi connectivity index (χ0) is 26.7. The summed E-state index contributed by atoms with van der Waals surface area (Å²) < 4.78 is 5.35. The summed E-state index contributed by atoms with van der Waals surface area (Å²) in [5.74, 6) is -0.987. The van der Waals surface area contributed by atoms with Crippen molar-refractivity contribution in [1.29, 1.82) is 0 Å². The molecule has 4 rings (SSSR count). The van der Waals surface area contributed by atoms with Gasteiger partial charge < -0.3 is 20.7 Å². The first-order chi connectivity index (χ1) is 18.5. The molecule has 0 aliphatic carbocycles. The monoisotopic (exact) mass is 516 g/mol. The molecule has 3 amide bonds. The second-order valence-electron chi connectivity index (χ2n) is 9.56. The van der Waals surface area contributed by atoms with Gasteiger partial charge in [-0.3, -0.25) is 19.4 Å². The van der Waals surface area contributed by atoms with Crippen LogP contribution in [0.1, 0.15) is 44.6 Å². The van der Waals surface area contributed by atoms with Gasteiger partial charge in [0.15, 0.2) is 12.2 Å². The van der Waals surface area contributed by atoms with Crippen molar-refractivity contribution < 1.29 is 19.1 Å². The number of amides is 3. The second-order valence-corrected chi connectivity index (χ2v) is 9.56. The minimum absolute atomic E-state index is 0.236. The first-order valence-corrected chi connectivity index (χ1v) is 13.4. The Morgan fingerprint density at radius 3 is 2.32 bits per heavy atom. The van der Waals surface area contributed by atoms with Crippen LogP contribution in [0.2, 0.25) is 0 Å². The Labute approximate surface area is 223 Å². The minimum Gasteiger partial charge on any atom is -0.354 e. The number of benzene rings is 2. The molecule has 0 unspecified atom stereocenters. The van der Waals surface area contributed by atoms with Gasteiger partial charge >= 0.3 is 0 Å². The molecule has 2 aromatic carbocycles. The Balaban J connectivity index is 1.16. The number of allylic oxidation sites excluding steroid dienone is 1. The molecule has 1 saturated heterocycles. The lowest BCUT2D eigenvalue weighted by Gasteiger charge is -2.17. The van der Waals surface area contributed by atoms with E-state index < -0.39 is 24.2 Å². The summed E-state index contributed by atoms with van der Waals surface area (Å²) in [5, 5.41) is 8.48. The van der Waals surface area contributed by atoms with Crippen LogP contribution in [0, 0.1) is 0 Å². The lowest BCUT2D eigenvalue weighted by molar-refractivity contribution is -0.129. The van der Waals surface area contributed by atoms with Crippen molar-refractivity contribution in [2.24, 2.45) is 4.99 Å². The molecule has 2 aliphatic heterocycles. The molecule has 3 atom stereocenters. The average molecular weight is 517 g/mol. The number of epoxide rings is 1. The normalized spacial score (nSPS) is 18.7. The van der Waals surface area contributed by atoms with E-state index in [1.54, 1.807) is 0 Å². The molecule has 0 aromatic heterocycles. The fraction of sp³-hybridized carbons (Fsp3) is 0.400. The SMILES string of the molecule is CCC[C@H](NC(=O)[C@@H]1O[C@H]1C(=O)NCCc1ccc(-c2ccccc2)cc1)C(=O)NCCC1=CCCC=N1. The molecule has 2 aliphatic rings. The zero-order valence-electron chi connectivity index (χ0n) is 21.8. The van der Waals surface area contributed by atoms with E-state index in [2.05, 4.69) is 63.4 Å². The highest BCUT2D eigenvalue weighted by Crippen LogP contribution is 2.23. The van der Waals surface area contributed by atoms with Crippen LogP contribution in [0.15, 0.2) is 71.4 Å². The van der Waals surface area contributed by atoms with Crippen molar-refractivity contribution in [1.82, 2.24) is 16.0 Å². The van der Waals surface area contributed by atoms with Crippen molar-refractivity contribution in [2.75, 3.05) is 13.1 Å². The molecule has 3 N–H and O–H groups in total. The van der Waals surface area contributed by atoms with E-state index in [9.17, 15) is 14.4 Å². The molecular weight excluding hydrogens is 480 g/mol. The summed E-state index contributed by atoms with van der Waals surface area (Å²) >= 11 is 0. The van der Waals surface area contributed by atoms with Gasteiger partial charge in [0.05, 0.1) is 0 Å². The van der Waals surface area contributed by atoms with Crippen LogP contribution in [-0.4, -0.2) is 55.3 Å². The number of hydrogen-bond donors (Lipinski definition) is 3. The van der Waals surface area contributed by atoms with Gasteiger partial charge in [-0.25, -0.2) is 0 Å². The Morgan fingerprint density at radius 1 is 0.895 bits per heavy atom. The van der Waals surface area contributed by atoms with Gasteiger partial charge in [0.2, 0.25) is 5.91 Å². The van der Waals surface area contributed by atoms with Crippen LogP contribution in [0.4, 0.5) is 0 Å². The summed E-state index contributed by atoms with van der Waals surface area (Å²) in [6.45, 7) is 2.85. The zero-order valence-corrected chi connectivity index (χ0v) is 21.8. The number of carbonyl (C=O) groups excluding carboxylic acids is 3. The smallest absolute Gasteiger partial charge is 0.253 e. The standard InChI is InChI=1S/C30H36N4O4/c1-2-8-25(28(35)32-20-17-24-11-6-7-18-31-24)34-30(37)27-26(38-27)29(36)33-19-16-21-12-14-23(15-13-21)22-9-4-3-5-10-22/h3-5,9-15,18,25-27H,2,6-8,16-17,19-20H2,1H3,(H,32,35)(H,33,36)(H,34,37)/t25-,26+,27+/m0/s1. The predicted molar refractivity (Wildman–Crippen MR) is 148 cm³/mol. The average Bonchev–Trinajstić information content (AvgIpc) is 3.76. The third-order valence-electron chi connectivity index (χ3n) is 6.61. The first-order valence-electron chi connectivity index (χ1n) is 13.4. The van der Waals surface area contributed by atoms with Crippen LogP contribution in [0.25, 0.3) is 11.1 Å². The van der Waals surface area contributed by atoms with E-state index >= 15 is 0 Å². The van der Waals surface area contributed by atoms with Crippen LogP contribution in [0.3, 0.4) is 0 Å². The highest BCUT2D eigenvalue weighted by atomic mass is 16.6. The third kappa shape index (κ3) is 7.86. The van der Waals surface area contributed by atoms with E-state index in [1.807, 2.05) is 31.3 Å². The molecule has 8 nitrogen and oxygen atoms in total. The number of hydrogen-bond acceptors (Lipinski definition) is 5. The van der Waals surface area contributed by atoms with E-state index in [1.165, 1.54) is 0 Å². The van der Waals surface area contributed by atoms with Gasteiger partial charge in [-0.05, 0) is 42.4 Å². The minimum atomic E-state index is -0.867. The quantitative estimate of drug-likeness (QED) is 0.355. The van der Waals surface area contributed by atoms with Gasteiger partial charge in [-0.2, -0.15) is 0 Å². The molecular formula is C30H36N4O4. The molecule has 0 bridgehead atoms. The van der Waals surface area contributed by atoms with Gasteiger partial charge in [0.25, 0.3) is 11.8 Å². The summed E-state index contributed by atoms with van der Waals surface area (Å²) in [4.78, 5) is 42.1. The van der Waals surface area contributed by atoms with Gasteiger partial charge in [-0.15, -0.1) is 0 Å². The molecule has 8 heteroatoms. The molecule has 2 heterocycles. The maximum atomic E-state index is 12.7. The summed E-state index contributed by atoms with van der Waals surface area (Å²) in [5.41, 5.74) is 4.38. The molecule has 38 heavy (non-hydrogen) atoms. The largest absolute Gasteiger partial charge is 0.354 e. The maximum Gasteiger partial charge on any atom is 0.253 e. The number of nitrogens with one attached hydrogen (secondary N) is 3. The van der Waals surface area contributed by atoms with E-state index in [-0.39, 0.29) is 11.8 Å². The first kappa shape index (κ1) is 27.3. The van der Waals surface area contributed by atoms with E-state index in [4.69, 9.17) is 4.74 Å². The van der Waals surface area contributed by atoms with Crippen molar-refractivity contribution in [3.05, 3.63) is 71.9 Å². The number of aliphatic imine (C=N–C) groups is 1. The molecule has 0 spiro atoms. The van der Waals surface area contributed by atoms with Crippen molar-refractivity contribution >= 4 is 23.9 Å². The highest BCUT2D eigenvalue weighted by Gasteiger charge is 2.50. The van der Waals surface area contributed by atoms with Crippen LogP contribution in [0.5, 0.6) is 0 Å². The predicted octanol–water partition coefficient (Wildman–Crippen LogP) is 3.32. The molecule has 0 radical (unpaired) electrons. The van der Waals surface area contributed by atoms with Crippen molar-refractivity contribution in [2.45, 2.75) is 63.7 Å². The van der Waals surface area contributed by atoms with Gasteiger partial charge in [0.1, 0.15) is 6.04 Å². The Bertz CT molecular complexity index is 1160. The number of rotatable bonds is 13. The highest BCUT2D eigenvalue weighted by molar-refractivity contribution is 5.97. The van der Waals surface area contributed by atoms with Crippen molar-refractivity contribution in [3.8, 4) is 11.1 Å². The summed E-state index contributed by atoms with van der Waals surface area (Å²) in [6.07, 6.45) is 6.76. The Hall–Kier alpha value is -3.78. The lowest BCUT2D eigenvalue weighted by atomic mass is 10.0. The van der Waals surface area contributed by atoms with E-state index in [0.29, 0.717) is 32.4 Å². The summed E-state index contributed by atoms with van der Waals surface area (Å²) in [7, 11) is 0. The number of ether oxygens (including phenoxy) is 1. The van der Waals surface area contributed by atoms with Crippen molar-refractivity contribution in [3.63, 3.8) is 0 Å². The Kier molecular flexibility index (Phi) is 9.81.